The van der Waals surface area contributed by atoms with Gasteiger partial charge in [-0.3, -0.25) is 13.9 Å². The van der Waals surface area contributed by atoms with Crippen molar-refractivity contribution in [1.29, 1.82) is 0 Å². The summed E-state index contributed by atoms with van der Waals surface area (Å²) in [5.74, 6) is -0.255. The molecular formula is C30H36ClN3O6S. The number of nitrogens with one attached hydrogen (secondary N) is 1. The number of anilines is 1. The van der Waals surface area contributed by atoms with E-state index in [1.165, 1.54) is 43.4 Å². The molecule has 0 heterocycles. The van der Waals surface area contributed by atoms with Crippen molar-refractivity contribution >= 4 is 39.1 Å². The summed E-state index contributed by atoms with van der Waals surface area (Å²) in [5.41, 5.74) is 1.77. The molecule has 3 aromatic carbocycles. The van der Waals surface area contributed by atoms with Gasteiger partial charge in [0.2, 0.25) is 11.8 Å². The van der Waals surface area contributed by atoms with Gasteiger partial charge >= 0.3 is 0 Å². The molecule has 1 N–H and O–H groups in total. The average Bonchev–Trinajstić information content (AvgIpc) is 2.93. The molecule has 3 rings (SSSR count). The van der Waals surface area contributed by atoms with Crippen molar-refractivity contribution in [1.82, 2.24) is 10.2 Å². The fourth-order valence-electron chi connectivity index (χ4n) is 4.17. The van der Waals surface area contributed by atoms with E-state index in [0.717, 1.165) is 9.87 Å². The van der Waals surface area contributed by atoms with Crippen molar-refractivity contribution in [3.8, 4) is 11.5 Å². The monoisotopic (exact) mass is 601 g/mol. The van der Waals surface area contributed by atoms with Gasteiger partial charge in [0, 0.05) is 23.7 Å². The first-order valence-electron chi connectivity index (χ1n) is 13.0. The van der Waals surface area contributed by atoms with Crippen LogP contribution in [0.3, 0.4) is 0 Å². The number of methoxy groups -OCH3 is 2. The Morgan fingerprint density at radius 1 is 0.927 bits per heavy atom. The molecule has 0 bridgehead atoms. The molecule has 220 valence electrons. The van der Waals surface area contributed by atoms with Gasteiger partial charge < -0.3 is 19.7 Å². The van der Waals surface area contributed by atoms with Crippen molar-refractivity contribution < 1.29 is 27.5 Å². The molecule has 0 aliphatic heterocycles. The van der Waals surface area contributed by atoms with E-state index in [2.05, 4.69) is 5.32 Å². The third kappa shape index (κ3) is 7.92. The summed E-state index contributed by atoms with van der Waals surface area (Å²) in [5, 5.41) is 3.30. The van der Waals surface area contributed by atoms with E-state index in [-0.39, 0.29) is 29.1 Å². The Morgan fingerprint density at radius 3 is 2.17 bits per heavy atom. The van der Waals surface area contributed by atoms with Crippen LogP contribution in [0.25, 0.3) is 0 Å². The Hall–Kier alpha value is -3.76. The van der Waals surface area contributed by atoms with Gasteiger partial charge in [-0.1, -0.05) is 41.4 Å². The molecule has 1 atom stereocenters. The fourth-order valence-corrected chi connectivity index (χ4v) is 5.78. The average molecular weight is 602 g/mol. The first kappa shape index (κ1) is 31.8. The number of rotatable bonds is 12. The van der Waals surface area contributed by atoms with Crippen LogP contribution >= 0.6 is 11.6 Å². The summed E-state index contributed by atoms with van der Waals surface area (Å²) in [7, 11) is -1.31. The van der Waals surface area contributed by atoms with Crippen LogP contribution in [-0.4, -0.2) is 58.0 Å². The molecular weight excluding hydrogens is 566 g/mol. The molecule has 0 radical (unpaired) electrons. The Bertz CT molecular complexity index is 1480. The maximum absolute atomic E-state index is 14.0. The van der Waals surface area contributed by atoms with Crippen molar-refractivity contribution in [2.45, 2.75) is 51.2 Å². The van der Waals surface area contributed by atoms with Crippen LogP contribution in [0, 0.1) is 6.92 Å². The van der Waals surface area contributed by atoms with Gasteiger partial charge in [0.1, 0.15) is 12.6 Å². The van der Waals surface area contributed by atoms with Gasteiger partial charge in [0.25, 0.3) is 10.0 Å². The van der Waals surface area contributed by atoms with Gasteiger partial charge in [-0.2, -0.15) is 0 Å². The molecule has 0 aliphatic carbocycles. The molecule has 2 amide bonds. The SMILES string of the molecule is COc1ccc(N(CC(=O)N(Cc2cccc(Cl)c2)[C@H](C)C(=O)NC(C)C)S(=O)(=O)c2ccc(C)cc2)cc1OC. The molecule has 0 fully saturated rings. The first-order valence-corrected chi connectivity index (χ1v) is 14.8. The second-order valence-electron chi connectivity index (χ2n) is 9.85. The Kier molecular flexibility index (Phi) is 10.6. The number of carbonyl (C=O) groups is 2. The highest BCUT2D eigenvalue weighted by atomic mass is 35.5. The predicted molar refractivity (Wildman–Crippen MR) is 160 cm³/mol. The highest BCUT2D eigenvalue weighted by molar-refractivity contribution is 7.92. The Morgan fingerprint density at radius 2 is 1.59 bits per heavy atom. The number of nitrogens with zero attached hydrogens (tertiary/aromatic N) is 2. The lowest BCUT2D eigenvalue weighted by atomic mass is 10.1. The van der Waals surface area contributed by atoms with Gasteiger partial charge in [-0.05, 0) is 69.7 Å². The largest absolute Gasteiger partial charge is 0.493 e. The van der Waals surface area contributed by atoms with Crippen LogP contribution in [0.1, 0.15) is 31.9 Å². The molecule has 0 saturated heterocycles. The number of halogens is 1. The third-order valence-corrected chi connectivity index (χ3v) is 8.41. The maximum atomic E-state index is 14.0. The first-order chi connectivity index (χ1) is 19.4. The van der Waals surface area contributed by atoms with E-state index in [1.807, 2.05) is 20.8 Å². The van der Waals surface area contributed by atoms with Crippen LogP contribution < -0.4 is 19.1 Å². The maximum Gasteiger partial charge on any atom is 0.264 e. The fraction of sp³-hybridized carbons (Fsp3) is 0.333. The molecule has 0 saturated carbocycles. The Balaban J connectivity index is 2.09. The number of aryl methyl sites for hydroxylation is 1. The second kappa shape index (κ2) is 13.7. The molecule has 41 heavy (non-hydrogen) atoms. The van der Waals surface area contributed by atoms with Crippen molar-refractivity contribution in [3.63, 3.8) is 0 Å². The minimum atomic E-state index is -4.22. The minimum absolute atomic E-state index is 0.0117. The molecule has 3 aromatic rings. The number of carbonyl (C=O) groups excluding carboxylic acids is 2. The normalized spacial score (nSPS) is 12.0. The van der Waals surface area contributed by atoms with Crippen LogP contribution in [0.4, 0.5) is 5.69 Å². The van der Waals surface area contributed by atoms with E-state index >= 15 is 0 Å². The lowest BCUT2D eigenvalue weighted by Gasteiger charge is -2.32. The molecule has 0 unspecified atom stereocenters. The summed E-state index contributed by atoms with van der Waals surface area (Å²) in [6.07, 6.45) is 0. The zero-order chi connectivity index (χ0) is 30.3. The number of ether oxygens (including phenoxy) is 2. The molecule has 0 spiro atoms. The van der Waals surface area contributed by atoms with Gasteiger partial charge in [0.15, 0.2) is 11.5 Å². The van der Waals surface area contributed by atoms with Crippen molar-refractivity contribution in [2.75, 3.05) is 25.1 Å². The summed E-state index contributed by atoms with van der Waals surface area (Å²) in [4.78, 5) is 28.4. The zero-order valence-corrected chi connectivity index (χ0v) is 25.6. The number of hydrogen-bond donors (Lipinski definition) is 1. The summed E-state index contributed by atoms with van der Waals surface area (Å²) in [6.45, 7) is 6.56. The van der Waals surface area contributed by atoms with E-state index in [4.69, 9.17) is 21.1 Å². The van der Waals surface area contributed by atoms with Crippen LogP contribution in [-0.2, 0) is 26.2 Å². The molecule has 0 aromatic heterocycles. The van der Waals surface area contributed by atoms with Gasteiger partial charge in [-0.25, -0.2) is 8.42 Å². The smallest absolute Gasteiger partial charge is 0.264 e. The molecule has 11 heteroatoms. The van der Waals surface area contributed by atoms with E-state index in [9.17, 15) is 18.0 Å². The van der Waals surface area contributed by atoms with Crippen LogP contribution in [0.2, 0.25) is 5.02 Å². The minimum Gasteiger partial charge on any atom is -0.493 e. The van der Waals surface area contributed by atoms with Crippen molar-refractivity contribution in [3.05, 3.63) is 82.9 Å². The number of hydrogen-bond acceptors (Lipinski definition) is 6. The lowest BCUT2D eigenvalue weighted by Crippen LogP contribution is -2.52. The predicted octanol–water partition coefficient (Wildman–Crippen LogP) is 4.80. The van der Waals surface area contributed by atoms with E-state index < -0.39 is 28.5 Å². The number of benzene rings is 3. The van der Waals surface area contributed by atoms with Crippen molar-refractivity contribution in [2.24, 2.45) is 0 Å². The second-order valence-corrected chi connectivity index (χ2v) is 12.2. The zero-order valence-electron chi connectivity index (χ0n) is 24.0. The van der Waals surface area contributed by atoms with E-state index in [1.54, 1.807) is 49.4 Å². The number of sulfonamides is 1. The van der Waals surface area contributed by atoms with E-state index in [0.29, 0.717) is 22.1 Å². The highest BCUT2D eigenvalue weighted by Crippen LogP contribution is 2.34. The molecule has 0 aliphatic rings. The number of amides is 2. The van der Waals surface area contributed by atoms with Crippen LogP contribution in [0.15, 0.2) is 71.6 Å². The highest BCUT2D eigenvalue weighted by Gasteiger charge is 2.33. The van der Waals surface area contributed by atoms with Crippen LogP contribution in [0.5, 0.6) is 11.5 Å². The summed E-state index contributed by atoms with van der Waals surface area (Å²) < 4.78 is 39.7. The topological polar surface area (TPSA) is 105 Å². The Labute approximate surface area is 247 Å². The van der Waals surface area contributed by atoms with Gasteiger partial charge in [0.05, 0.1) is 24.8 Å². The summed E-state index contributed by atoms with van der Waals surface area (Å²) >= 11 is 6.18. The molecule has 9 nitrogen and oxygen atoms in total. The lowest BCUT2D eigenvalue weighted by molar-refractivity contribution is -0.139. The van der Waals surface area contributed by atoms with Gasteiger partial charge in [-0.15, -0.1) is 0 Å². The standard InChI is InChI=1S/C30H36ClN3O6S/c1-20(2)32-30(36)22(4)33(18-23-8-7-9-24(31)16-23)29(35)19-34(25-12-15-27(39-5)28(17-25)40-6)41(37,38)26-13-10-21(3)11-14-26/h7-17,20,22H,18-19H2,1-6H3,(H,32,36)/t22-/m1/s1. The summed E-state index contributed by atoms with van der Waals surface area (Å²) in [6, 6.07) is 16.8. The third-order valence-electron chi connectivity index (χ3n) is 6.38. The quantitative estimate of drug-likeness (QED) is 0.320.